The van der Waals surface area contributed by atoms with Crippen LogP contribution in [0.5, 0.6) is 0 Å². The molecule has 0 fully saturated rings. The molecule has 0 amide bonds. The van der Waals surface area contributed by atoms with Crippen LogP contribution in [0.3, 0.4) is 0 Å². The lowest BCUT2D eigenvalue weighted by Crippen LogP contribution is -2.00. The van der Waals surface area contributed by atoms with Crippen molar-refractivity contribution in [3.8, 4) is 0 Å². The fourth-order valence-electron chi connectivity index (χ4n) is 1.58. The Morgan fingerprint density at radius 3 is 2.76 bits per heavy atom. The van der Waals surface area contributed by atoms with E-state index in [1.807, 2.05) is 18.2 Å². The van der Waals surface area contributed by atoms with Gasteiger partial charge in [0.2, 0.25) is 5.95 Å². The summed E-state index contributed by atoms with van der Waals surface area (Å²) in [6, 6.07) is 7.56. The molecule has 1 heterocycles. The third kappa shape index (κ3) is 2.63. The average molecular weight is 229 g/mol. The van der Waals surface area contributed by atoms with Gasteiger partial charge in [-0.25, -0.2) is 4.98 Å². The van der Waals surface area contributed by atoms with Crippen LogP contribution in [0, 0.1) is 0 Å². The Kier molecular flexibility index (Phi) is 3.09. The third-order valence-electron chi connectivity index (χ3n) is 2.47. The van der Waals surface area contributed by atoms with Gasteiger partial charge in [0.15, 0.2) is 0 Å². The number of hydrogen-bond donors (Lipinski definition) is 3. The Morgan fingerprint density at radius 2 is 2.06 bits per heavy atom. The van der Waals surface area contributed by atoms with Crippen LogP contribution in [-0.2, 0) is 6.42 Å². The molecule has 5 nitrogen and oxygen atoms in total. The van der Waals surface area contributed by atoms with Crippen LogP contribution < -0.4 is 16.8 Å². The van der Waals surface area contributed by atoms with E-state index in [0.29, 0.717) is 5.82 Å². The average Bonchev–Trinajstić information content (AvgIpc) is 2.32. The summed E-state index contributed by atoms with van der Waals surface area (Å²) in [5.41, 5.74) is 14.2. The first-order valence-electron chi connectivity index (χ1n) is 5.43. The van der Waals surface area contributed by atoms with Crippen molar-refractivity contribution in [3.63, 3.8) is 0 Å². The quantitative estimate of drug-likeness (QED) is 0.700. The van der Waals surface area contributed by atoms with Crippen molar-refractivity contribution in [1.82, 2.24) is 9.97 Å². The highest BCUT2D eigenvalue weighted by Gasteiger charge is 2.01. The van der Waals surface area contributed by atoms with Crippen LogP contribution >= 0.6 is 0 Å². The van der Waals surface area contributed by atoms with Gasteiger partial charge in [0.05, 0.1) is 0 Å². The summed E-state index contributed by atoms with van der Waals surface area (Å²) in [5, 5.41) is 3.16. The number of aromatic nitrogens is 2. The first-order valence-corrected chi connectivity index (χ1v) is 5.43. The lowest BCUT2D eigenvalue weighted by atomic mass is 10.1. The molecule has 0 saturated carbocycles. The van der Waals surface area contributed by atoms with Crippen molar-refractivity contribution >= 4 is 23.1 Å². The zero-order chi connectivity index (χ0) is 12.3. The van der Waals surface area contributed by atoms with Gasteiger partial charge >= 0.3 is 0 Å². The van der Waals surface area contributed by atoms with Gasteiger partial charge < -0.3 is 16.8 Å². The molecule has 0 bridgehead atoms. The lowest BCUT2D eigenvalue weighted by Gasteiger charge is -2.09. The summed E-state index contributed by atoms with van der Waals surface area (Å²) in [5.74, 6) is 0.922. The monoisotopic (exact) mass is 229 g/mol. The van der Waals surface area contributed by atoms with Gasteiger partial charge in [-0.15, -0.1) is 0 Å². The number of nitrogens with one attached hydrogen (secondary N) is 1. The SMILES string of the molecule is CCc1cc(Nc2ccnc(N)n2)ccc1N. The van der Waals surface area contributed by atoms with E-state index in [1.54, 1.807) is 12.3 Å². The second kappa shape index (κ2) is 4.69. The van der Waals surface area contributed by atoms with Crippen LogP contribution in [0.15, 0.2) is 30.5 Å². The summed E-state index contributed by atoms with van der Waals surface area (Å²) >= 11 is 0. The Bertz CT molecular complexity index is 524. The van der Waals surface area contributed by atoms with Crippen molar-refractivity contribution in [3.05, 3.63) is 36.0 Å². The van der Waals surface area contributed by atoms with Crippen LogP contribution in [0.1, 0.15) is 12.5 Å². The van der Waals surface area contributed by atoms with Crippen LogP contribution in [-0.4, -0.2) is 9.97 Å². The first kappa shape index (κ1) is 11.2. The molecule has 0 unspecified atom stereocenters. The maximum atomic E-state index is 5.84. The highest BCUT2D eigenvalue weighted by molar-refractivity contribution is 5.62. The molecule has 0 aliphatic carbocycles. The number of aryl methyl sites for hydroxylation is 1. The predicted molar refractivity (Wildman–Crippen MR) is 70.0 cm³/mol. The molecule has 5 heteroatoms. The topological polar surface area (TPSA) is 89.8 Å². The molecule has 88 valence electrons. The molecule has 0 atom stereocenters. The van der Waals surface area contributed by atoms with E-state index >= 15 is 0 Å². The standard InChI is InChI=1S/C12H15N5/c1-2-8-7-9(3-4-10(8)13)16-11-5-6-15-12(14)17-11/h3-7H,2,13H2,1H3,(H3,14,15,16,17). The van der Waals surface area contributed by atoms with Gasteiger partial charge in [-0.2, -0.15) is 4.98 Å². The summed E-state index contributed by atoms with van der Waals surface area (Å²) < 4.78 is 0. The number of nitrogens with zero attached hydrogens (tertiary/aromatic N) is 2. The Balaban J connectivity index is 2.24. The van der Waals surface area contributed by atoms with E-state index in [9.17, 15) is 0 Å². The van der Waals surface area contributed by atoms with Gasteiger partial charge in [0.25, 0.3) is 0 Å². The predicted octanol–water partition coefficient (Wildman–Crippen LogP) is 1.95. The van der Waals surface area contributed by atoms with Crippen LogP contribution in [0.4, 0.5) is 23.1 Å². The number of rotatable bonds is 3. The largest absolute Gasteiger partial charge is 0.399 e. The molecule has 17 heavy (non-hydrogen) atoms. The van der Waals surface area contributed by atoms with Crippen molar-refractivity contribution in [2.24, 2.45) is 0 Å². The minimum absolute atomic E-state index is 0.251. The van der Waals surface area contributed by atoms with E-state index in [4.69, 9.17) is 11.5 Å². The number of nitrogen functional groups attached to an aromatic ring is 2. The van der Waals surface area contributed by atoms with Crippen molar-refractivity contribution in [2.75, 3.05) is 16.8 Å². The summed E-state index contributed by atoms with van der Waals surface area (Å²) in [6.45, 7) is 2.07. The molecule has 1 aromatic heterocycles. The molecule has 2 aromatic rings. The van der Waals surface area contributed by atoms with E-state index in [-0.39, 0.29) is 5.95 Å². The fourth-order valence-corrected chi connectivity index (χ4v) is 1.58. The number of benzene rings is 1. The lowest BCUT2D eigenvalue weighted by molar-refractivity contribution is 1.14. The highest BCUT2D eigenvalue weighted by atomic mass is 15.1. The molecule has 0 aliphatic rings. The van der Waals surface area contributed by atoms with Gasteiger partial charge in [0, 0.05) is 17.6 Å². The van der Waals surface area contributed by atoms with Crippen molar-refractivity contribution < 1.29 is 0 Å². The Morgan fingerprint density at radius 1 is 1.24 bits per heavy atom. The second-order valence-corrected chi connectivity index (χ2v) is 3.69. The van der Waals surface area contributed by atoms with Crippen molar-refractivity contribution in [1.29, 1.82) is 0 Å². The molecular weight excluding hydrogens is 214 g/mol. The van der Waals surface area contributed by atoms with Crippen LogP contribution in [0.25, 0.3) is 0 Å². The Hall–Kier alpha value is -2.30. The minimum Gasteiger partial charge on any atom is -0.399 e. The maximum absolute atomic E-state index is 5.84. The molecule has 0 spiro atoms. The van der Waals surface area contributed by atoms with E-state index in [1.165, 1.54) is 0 Å². The second-order valence-electron chi connectivity index (χ2n) is 3.69. The zero-order valence-corrected chi connectivity index (χ0v) is 9.64. The minimum atomic E-state index is 0.251. The maximum Gasteiger partial charge on any atom is 0.221 e. The molecule has 0 aliphatic heterocycles. The molecule has 1 aromatic carbocycles. The number of anilines is 4. The van der Waals surface area contributed by atoms with Gasteiger partial charge in [0.1, 0.15) is 5.82 Å². The first-order chi connectivity index (χ1) is 8.19. The smallest absolute Gasteiger partial charge is 0.221 e. The normalized spacial score (nSPS) is 10.2. The molecule has 2 rings (SSSR count). The summed E-state index contributed by atoms with van der Waals surface area (Å²) in [4.78, 5) is 7.91. The summed E-state index contributed by atoms with van der Waals surface area (Å²) in [7, 11) is 0. The van der Waals surface area contributed by atoms with Gasteiger partial charge in [-0.05, 0) is 36.2 Å². The highest BCUT2D eigenvalue weighted by Crippen LogP contribution is 2.21. The summed E-state index contributed by atoms with van der Waals surface area (Å²) in [6.07, 6.45) is 2.51. The van der Waals surface area contributed by atoms with E-state index in [2.05, 4.69) is 22.2 Å². The molecular formula is C12H15N5. The van der Waals surface area contributed by atoms with Crippen molar-refractivity contribution in [2.45, 2.75) is 13.3 Å². The van der Waals surface area contributed by atoms with E-state index < -0.39 is 0 Å². The Labute approximate surface area is 99.9 Å². The molecule has 0 radical (unpaired) electrons. The third-order valence-corrected chi connectivity index (χ3v) is 2.47. The molecule has 0 saturated heterocycles. The van der Waals surface area contributed by atoms with Gasteiger partial charge in [-0.1, -0.05) is 6.92 Å². The number of nitrogens with two attached hydrogens (primary N) is 2. The zero-order valence-electron chi connectivity index (χ0n) is 9.64. The van der Waals surface area contributed by atoms with E-state index in [0.717, 1.165) is 23.4 Å². The number of hydrogen-bond acceptors (Lipinski definition) is 5. The molecule has 5 N–H and O–H groups in total. The van der Waals surface area contributed by atoms with Crippen LogP contribution in [0.2, 0.25) is 0 Å². The fraction of sp³-hybridized carbons (Fsp3) is 0.167. The van der Waals surface area contributed by atoms with Gasteiger partial charge in [-0.3, -0.25) is 0 Å².